The molecule has 1 aromatic heterocycles. The molecule has 7 heteroatoms. The largest absolute Gasteiger partial charge is 0.344 e. The van der Waals surface area contributed by atoms with E-state index in [1.165, 1.54) is 4.90 Å². The van der Waals surface area contributed by atoms with Crippen LogP contribution in [0.15, 0.2) is 6.20 Å². The Balaban J connectivity index is 1.67. The molecule has 7 nitrogen and oxygen atoms in total. The van der Waals surface area contributed by atoms with E-state index in [1.54, 1.807) is 25.2 Å². The van der Waals surface area contributed by atoms with Crippen molar-refractivity contribution in [2.75, 3.05) is 40.8 Å². The number of nitrogens with one attached hydrogen (secondary N) is 1. The van der Waals surface area contributed by atoms with Gasteiger partial charge in [0.05, 0.1) is 6.20 Å². The quantitative estimate of drug-likeness (QED) is 0.882. The van der Waals surface area contributed by atoms with Gasteiger partial charge < -0.3 is 19.7 Å². The summed E-state index contributed by atoms with van der Waals surface area (Å²) in [7, 11) is 5.59. The Hall–Kier alpha value is -1.89. The Morgan fingerprint density at radius 1 is 1.26 bits per heavy atom. The number of carbonyl (C=O) groups excluding carboxylic acids is 2. The number of likely N-dealkylation sites (tertiary alicyclic amines) is 2. The smallest absolute Gasteiger partial charge is 0.272 e. The highest BCUT2D eigenvalue weighted by molar-refractivity contribution is 5.96. The lowest BCUT2D eigenvalue weighted by molar-refractivity contribution is -0.130. The van der Waals surface area contributed by atoms with Crippen molar-refractivity contribution in [3.05, 3.63) is 17.7 Å². The Kier molecular flexibility index (Phi) is 4.39. The summed E-state index contributed by atoms with van der Waals surface area (Å²) in [6.45, 7) is 2.81. The third-order valence-corrected chi connectivity index (χ3v) is 5.12. The zero-order valence-electron chi connectivity index (χ0n) is 14.1. The number of rotatable bonds is 3. The number of amides is 2. The molecule has 3 rings (SSSR count). The third kappa shape index (κ3) is 3.10. The van der Waals surface area contributed by atoms with E-state index in [4.69, 9.17) is 0 Å². The molecular formula is C16H25N5O2. The van der Waals surface area contributed by atoms with Crippen LogP contribution in [0.25, 0.3) is 0 Å². The highest BCUT2D eigenvalue weighted by Crippen LogP contribution is 2.25. The molecule has 0 radical (unpaired) electrons. The van der Waals surface area contributed by atoms with Crippen molar-refractivity contribution in [1.29, 1.82) is 0 Å². The van der Waals surface area contributed by atoms with Gasteiger partial charge in [-0.2, -0.15) is 0 Å². The van der Waals surface area contributed by atoms with E-state index in [1.807, 2.05) is 0 Å². The Morgan fingerprint density at radius 2 is 1.96 bits per heavy atom. The number of hydrogen-bond donors (Lipinski definition) is 1. The molecule has 2 aliphatic rings. The zero-order valence-corrected chi connectivity index (χ0v) is 14.1. The maximum atomic E-state index is 12.6. The average Bonchev–Trinajstić information content (AvgIpc) is 3.15. The van der Waals surface area contributed by atoms with Gasteiger partial charge in [-0.15, -0.1) is 0 Å². The van der Waals surface area contributed by atoms with Crippen LogP contribution in [0.2, 0.25) is 0 Å². The first-order valence-corrected chi connectivity index (χ1v) is 8.23. The molecule has 0 bridgehead atoms. The summed E-state index contributed by atoms with van der Waals surface area (Å²) < 4.78 is 0. The lowest BCUT2D eigenvalue weighted by Crippen LogP contribution is -2.42. The number of nitrogens with zero attached hydrogens (tertiary/aromatic N) is 4. The van der Waals surface area contributed by atoms with Crippen molar-refractivity contribution < 1.29 is 9.59 Å². The number of aromatic amines is 1. The number of imidazole rings is 1. The highest BCUT2D eigenvalue weighted by atomic mass is 16.2. The molecule has 23 heavy (non-hydrogen) atoms. The predicted octanol–water partition coefficient (Wildman–Crippen LogP) is 0.522. The normalized spacial score (nSPS) is 23.5. The van der Waals surface area contributed by atoms with E-state index in [0.717, 1.165) is 31.8 Å². The van der Waals surface area contributed by atoms with E-state index in [9.17, 15) is 9.59 Å². The second kappa shape index (κ2) is 6.31. The van der Waals surface area contributed by atoms with Crippen molar-refractivity contribution >= 4 is 11.8 Å². The Morgan fingerprint density at radius 3 is 2.57 bits per heavy atom. The topological polar surface area (TPSA) is 72.5 Å². The standard InChI is InChI=1S/C16H25N5O2/c1-19-7-4-11(5-8-19)14-17-10-12(18-14)15(22)21(3)13-6-9-20(2)16(13)23/h10-11,13H,4-9H2,1-3H3,(H,17,18). The summed E-state index contributed by atoms with van der Waals surface area (Å²) in [5.41, 5.74) is 0.476. The minimum atomic E-state index is -0.359. The SMILES string of the molecule is CN1CCC(c2ncc(C(=O)N(C)C3CCN(C)C3=O)[nH]2)CC1. The summed E-state index contributed by atoms with van der Waals surface area (Å²) in [6, 6.07) is -0.359. The van der Waals surface area contributed by atoms with Crippen LogP contribution in [0, 0.1) is 0 Å². The maximum Gasteiger partial charge on any atom is 0.272 e. The molecule has 1 N–H and O–H groups in total. The molecule has 0 spiro atoms. The fourth-order valence-corrected chi connectivity index (χ4v) is 3.43. The van der Waals surface area contributed by atoms with Gasteiger partial charge in [-0.25, -0.2) is 4.98 Å². The van der Waals surface area contributed by atoms with Gasteiger partial charge in [0.2, 0.25) is 5.91 Å². The first kappa shape index (κ1) is 16.0. The number of likely N-dealkylation sites (N-methyl/N-ethyl adjacent to an activating group) is 2. The molecule has 0 saturated carbocycles. The number of piperidine rings is 1. The van der Waals surface area contributed by atoms with Gasteiger partial charge in [0, 0.05) is 26.6 Å². The maximum absolute atomic E-state index is 12.6. The molecule has 0 aromatic carbocycles. The number of carbonyl (C=O) groups is 2. The van der Waals surface area contributed by atoms with Crippen LogP contribution in [0.3, 0.4) is 0 Å². The fourth-order valence-electron chi connectivity index (χ4n) is 3.43. The van der Waals surface area contributed by atoms with Crippen LogP contribution in [-0.2, 0) is 4.79 Å². The van der Waals surface area contributed by atoms with E-state index in [0.29, 0.717) is 24.6 Å². The monoisotopic (exact) mass is 319 g/mol. The number of hydrogen-bond acceptors (Lipinski definition) is 4. The van der Waals surface area contributed by atoms with Crippen molar-refractivity contribution in [3.63, 3.8) is 0 Å². The fraction of sp³-hybridized carbons (Fsp3) is 0.688. The van der Waals surface area contributed by atoms with Crippen LogP contribution in [0.1, 0.15) is 41.5 Å². The molecule has 2 aliphatic heterocycles. The van der Waals surface area contributed by atoms with Crippen LogP contribution in [0.5, 0.6) is 0 Å². The first-order chi connectivity index (χ1) is 11.0. The highest BCUT2D eigenvalue weighted by Gasteiger charge is 2.35. The van der Waals surface area contributed by atoms with Crippen LogP contribution < -0.4 is 0 Å². The number of aromatic nitrogens is 2. The van der Waals surface area contributed by atoms with E-state index in [2.05, 4.69) is 21.9 Å². The van der Waals surface area contributed by atoms with Crippen molar-refractivity contribution in [1.82, 2.24) is 24.7 Å². The predicted molar refractivity (Wildman–Crippen MR) is 86.2 cm³/mol. The van der Waals surface area contributed by atoms with Gasteiger partial charge in [-0.1, -0.05) is 0 Å². The van der Waals surface area contributed by atoms with E-state index >= 15 is 0 Å². The average molecular weight is 319 g/mol. The molecule has 2 saturated heterocycles. The molecule has 3 heterocycles. The molecule has 1 atom stereocenters. The molecular weight excluding hydrogens is 294 g/mol. The van der Waals surface area contributed by atoms with E-state index < -0.39 is 0 Å². The van der Waals surface area contributed by atoms with Crippen molar-refractivity contribution in [3.8, 4) is 0 Å². The lowest BCUT2D eigenvalue weighted by Gasteiger charge is -2.27. The van der Waals surface area contributed by atoms with E-state index in [-0.39, 0.29) is 17.9 Å². The molecule has 1 unspecified atom stereocenters. The second-order valence-electron chi connectivity index (χ2n) is 6.74. The second-order valence-corrected chi connectivity index (χ2v) is 6.74. The molecule has 1 aromatic rings. The van der Waals surface area contributed by atoms with Gasteiger partial charge in [0.1, 0.15) is 17.6 Å². The van der Waals surface area contributed by atoms with Crippen LogP contribution >= 0.6 is 0 Å². The Labute approximate surface area is 136 Å². The molecule has 126 valence electrons. The molecule has 2 amide bonds. The molecule has 2 fully saturated rings. The van der Waals surface area contributed by atoms with Crippen molar-refractivity contribution in [2.24, 2.45) is 0 Å². The third-order valence-electron chi connectivity index (χ3n) is 5.12. The van der Waals surface area contributed by atoms with Crippen LogP contribution in [0.4, 0.5) is 0 Å². The van der Waals surface area contributed by atoms with Gasteiger partial charge in [-0.3, -0.25) is 9.59 Å². The summed E-state index contributed by atoms with van der Waals surface area (Å²) in [4.78, 5) is 37.8. The minimum Gasteiger partial charge on any atom is -0.344 e. The summed E-state index contributed by atoms with van der Waals surface area (Å²) in [6.07, 6.45) is 4.40. The van der Waals surface area contributed by atoms with Crippen molar-refractivity contribution in [2.45, 2.75) is 31.2 Å². The lowest BCUT2D eigenvalue weighted by atomic mass is 9.97. The first-order valence-electron chi connectivity index (χ1n) is 8.23. The van der Waals surface area contributed by atoms with Gasteiger partial charge in [0.15, 0.2) is 0 Å². The van der Waals surface area contributed by atoms with Crippen LogP contribution in [-0.4, -0.2) is 83.3 Å². The minimum absolute atomic E-state index is 0.0101. The van der Waals surface area contributed by atoms with Gasteiger partial charge in [-0.05, 0) is 39.4 Å². The summed E-state index contributed by atoms with van der Waals surface area (Å²) in [5.74, 6) is 1.13. The summed E-state index contributed by atoms with van der Waals surface area (Å²) >= 11 is 0. The molecule has 0 aliphatic carbocycles. The summed E-state index contributed by atoms with van der Waals surface area (Å²) in [5, 5.41) is 0. The van der Waals surface area contributed by atoms with Gasteiger partial charge >= 0.3 is 0 Å². The number of H-pyrrole nitrogens is 1. The zero-order chi connectivity index (χ0) is 16.6. The Bertz CT molecular complexity index is 591. The van der Waals surface area contributed by atoms with Gasteiger partial charge in [0.25, 0.3) is 5.91 Å².